The Kier molecular flexibility index (Phi) is 8.01. The smallest absolute Gasteiger partial charge is 0.355 e. The summed E-state index contributed by atoms with van der Waals surface area (Å²) in [4.78, 5) is 21.2. The Labute approximate surface area is 193 Å². The normalized spacial score (nSPS) is 11.2. The van der Waals surface area contributed by atoms with Crippen molar-refractivity contribution in [3.8, 4) is 11.1 Å². The number of carboxylic acid groups (broad SMARTS) is 1. The van der Waals surface area contributed by atoms with Gasteiger partial charge >= 0.3 is 5.97 Å². The van der Waals surface area contributed by atoms with Crippen molar-refractivity contribution in [2.24, 2.45) is 17.4 Å². The minimum atomic E-state index is -1.03. The van der Waals surface area contributed by atoms with Gasteiger partial charge in [0.05, 0.1) is 0 Å². The maximum absolute atomic E-state index is 11.6. The molecule has 0 fully saturated rings. The first-order valence-corrected chi connectivity index (χ1v) is 11.7. The van der Waals surface area contributed by atoms with Crippen LogP contribution in [-0.2, 0) is 25.3 Å². The lowest BCUT2D eigenvalue weighted by Crippen LogP contribution is -2.13. The molecule has 2 aromatic heterocycles. The van der Waals surface area contributed by atoms with E-state index in [0.29, 0.717) is 29.7 Å². The number of carboxylic acids is 1. The average Bonchev–Trinajstić information content (AvgIpc) is 2.78. The summed E-state index contributed by atoms with van der Waals surface area (Å²) >= 11 is 1.45. The highest BCUT2D eigenvalue weighted by Gasteiger charge is 2.20. The van der Waals surface area contributed by atoms with Gasteiger partial charge in [-0.05, 0) is 59.2 Å². The zero-order valence-corrected chi connectivity index (χ0v) is 19.6. The lowest BCUT2D eigenvalue weighted by Gasteiger charge is -2.21. The van der Waals surface area contributed by atoms with Crippen molar-refractivity contribution < 1.29 is 9.90 Å². The summed E-state index contributed by atoms with van der Waals surface area (Å²) in [6.45, 7) is 7.23. The maximum atomic E-state index is 11.6. The lowest BCUT2D eigenvalue weighted by atomic mass is 9.90. The number of benzene rings is 1. The number of nitrogens with two attached hydrogens (primary N) is 2. The summed E-state index contributed by atoms with van der Waals surface area (Å²) in [6.07, 6.45) is 2.35. The van der Waals surface area contributed by atoms with Crippen molar-refractivity contribution in [3.63, 3.8) is 0 Å². The molecule has 0 spiro atoms. The zero-order chi connectivity index (χ0) is 23.3. The number of pyridine rings is 2. The van der Waals surface area contributed by atoms with Crippen LogP contribution in [0.1, 0.15) is 52.4 Å². The standard InChI is InChI=1S/C25H30N4O2S/c1-15(2)11-21-19(13-27)23(18-8-6-17(12-26)7-9-18)20(16(3)29-21)14-32-22-5-4-10-28-24(22)25(30)31/h4-10,15H,11-14,26-27H2,1-3H3,(H,30,31). The van der Waals surface area contributed by atoms with Crippen LogP contribution in [0.5, 0.6) is 0 Å². The first-order valence-electron chi connectivity index (χ1n) is 10.7. The number of aromatic nitrogens is 2. The third-order valence-electron chi connectivity index (χ3n) is 5.32. The molecule has 3 aromatic rings. The molecule has 3 rings (SSSR count). The first kappa shape index (κ1) is 23.9. The average molecular weight is 451 g/mol. The highest BCUT2D eigenvalue weighted by molar-refractivity contribution is 7.98. The summed E-state index contributed by atoms with van der Waals surface area (Å²) in [5.74, 6) is -0.0165. The van der Waals surface area contributed by atoms with Crippen LogP contribution in [0.2, 0.25) is 0 Å². The molecule has 0 saturated carbocycles. The van der Waals surface area contributed by atoms with Crippen LogP contribution in [0, 0.1) is 12.8 Å². The van der Waals surface area contributed by atoms with Gasteiger partial charge in [0.15, 0.2) is 5.69 Å². The summed E-state index contributed by atoms with van der Waals surface area (Å²) in [5.41, 5.74) is 19.4. The monoisotopic (exact) mass is 450 g/mol. The molecular formula is C25H30N4O2S. The van der Waals surface area contributed by atoms with Gasteiger partial charge in [0.25, 0.3) is 0 Å². The van der Waals surface area contributed by atoms with Gasteiger partial charge in [0.2, 0.25) is 0 Å². The Bertz CT molecular complexity index is 1100. The second-order valence-electron chi connectivity index (χ2n) is 8.12. The van der Waals surface area contributed by atoms with E-state index in [1.165, 1.54) is 18.0 Å². The van der Waals surface area contributed by atoms with Gasteiger partial charge in [-0.2, -0.15) is 0 Å². The van der Waals surface area contributed by atoms with Crippen LogP contribution in [0.25, 0.3) is 11.1 Å². The molecular weight excluding hydrogens is 420 g/mol. The molecule has 2 heterocycles. The Morgan fingerprint density at radius 2 is 1.81 bits per heavy atom. The number of thioether (sulfide) groups is 1. The van der Waals surface area contributed by atoms with Crippen LogP contribution in [-0.4, -0.2) is 21.0 Å². The van der Waals surface area contributed by atoms with Gasteiger partial charge in [-0.1, -0.05) is 38.1 Å². The molecule has 5 N–H and O–H groups in total. The molecule has 7 heteroatoms. The molecule has 0 aliphatic rings. The summed E-state index contributed by atoms with van der Waals surface area (Å²) in [6, 6.07) is 11.8. The lowest BCUT2D eigenvalue weighted by molar-refractivity contribution is 0.0686. The molecule has 0 amide bonds. The van der Waals surface area contributed by atoms with E-state index < -0.39 is 5.97 Å². The molecule has 1 aromatic carbocycles. The highest BCUT2D eigenvalue weighted by Crippen LogP contribution is 2.36. The maximum Gasteiger partial charge on any atom is 0.355 e. The predicted molar refractivity (Wildman–Crippen MR) is 129 cm³/mol. The molecule has 0 saturated heterocycles. The molecule has 0 unspecified atom stereocenters. The van der Waals surface area contributed by atoms with E-state index in [2.05, 4.69) is 31.0 Å². The fraction of sp³-hybridized carbons (Fsp3) is 0.320. The predicted octanol–water partition coefficient (Wildman–Crippen LogP) is 4.56. The van der Waals surface area contributed by atoms with Crippen LogP contribution in [0.4, 0.5) is 0 Å². The number of rotatable bonds is 9. The van der Waals surface area contributed by atoms with Gasteiger partial charge in [0.1, 0.15) is 0 Å². The first-order chi connectivity index (χ1) is 15.3. The number of carbonyl (C=O) groups is 1. The largest absolute Gasteiger partial charge is 0.476 e. The van der Waals surface area contributed by atoms with E-state index in [0.717, 1.165) is 45.6 Å². The molecule has 0 aliphatic carbocycles. The SMILES string of the molecule is Cc1nc(CC(C)C)c(CN)c(-c2ccc(CN)cc2)c1CSc1cccnc1C(=O)O. The third kappa shape index (κ3) is 5.35. The highest BCUT2D eigenvalue weighted by atomic mass is 32.2. The van der Waals surface area contributed by atoms with Crippen molar-refractivity contribution in [2.75, 3.05) is 0 Å². The van der Waals surface area contributed by atoms with E-state index in [4.69, 9.17) is 16.5 Å². The summed E-state index contributed by atoms with van der Waals surface area (Å²) < 4.78 is 0. The number of nitrogens with zero attached hydrogens (tertiary/aromatic N) is 2. The molecule has 0 bridgehead atoms. The van der Waals surface area contributed by atoms with E-state index in [1.54, 1.807) is 12.1 Å². The van der Waals surface area contributed by atoms with E-state index in [-0.39, 0.29) is 5.69 Å². The van der Waals surface area contributed by atoms with Crippen molar-refractivity contribution >= 4 is 17.7 Å². The van der Waals surface area contributed by atoms with Crippen LogP contribution in [0.3, 0.4) is 0 Å². The van der Waals surface area contributed by atoms with Crippen molar-refractivity contribution in [1.29, 1.82) is 0 Å². The fourth-order valence-corrected chi connectivity index (χ4v) is 4.87. The second kappa shape index (κ2) is 10.7. The molecule has 168 valence electrons. The van der Waals surface area contributed by atoms with Crippen LogP contribution >= 0.6 is 11.8 Å². The number of hydrogen-bond donors (Lipinski definition) is 3. The van der Waals surface area contributed by atoms with E-state index in [9.17, 15) is 9.90 Å². The summed E-state index contributed by atoms with van der Waals surface area (Å²) in [7, 11) is 0. The van der Waals surface area contributed by atoms with E-state index in [1.807, 2.05) is 19.1 Å². The number of hydrogen-bond acceptors (Lipinski definition) is 6. The topological polar surface area (TPSA) is 115 Å². The quantitative estimate of drug-likeness (QED) is 0.409. The second-order valence-corrected chi connectivity index (χ2v) is 9.14. The molecule has 0 aliphatic heterocycles. The van der Waals surface area contributed by atoms with Crippen LogP contribution < -0.4 is 11.5 Å². The van der Waals surface area contributed by atoms with Gasteiger partial charge in [-0.15, -0.1) is 11.8 Å². The van der Waals surface area contributed by atoms with Gasteiger partial charge in [0, 0.05) is 41.3 Å². The summed E-state index contributed by atoms with van der Waals surface area (Å²) in [5, 5.41) is 9.49. The minimum absolute atomic E-state index is 0.0624. The third-order valence-corrected chi connectivity index (χ3v) is 6.39. The zero-order valence-electron chi connectivity index (χ0n) is 18.8. The molecule has 0 atom stereocenters. The Hall–Kier alpha value is -2.74. The Balaban J connectivity index is 2.12. The Morgan fingerprint density at radius 1 is 1.09 bits per heavy atom. The number of aromatic carboxylic acids is 1. The molecule has 0 radical (unpaired) electrons. The van der Waals surface area contributed by atoms with Crippen molar-refractivity contribution in [2.45, 2.75) is 50.9 Å². The van der Waals surface area contributed by atoms with Gasteiger partial charge in [-0.3, -0.25) is 4.98 Å². The van der Waals surface area contributed by atoms with E-state index >= 15 is 0 Å². The fourth-order valence-electron chi connectivity index (χ4n) is 3.77. The molecule has 6 nitrogen and oxygen atoms in total. The Morgan fingerprint density at radius 3 is 2.41 bits per heavy atom. The number of aryl methyl sites for hydroxylation is 1. The van der Waals surface area contributed by atoms with Crippen molar-refractivity contribution in [1.82, 2.24) is 9.97 Å². The molecule has 32 heavy (non-hydrogen) atoms. The van der Waals surface area contributed by atoms with Crippen LogP contribution in [0.15, 0.2) is 47.5 Å². The van der Waals surface area contributed by atoms with Crippen molar-refractivity contribution in [3.05, 3.63) is 76.4 Å². The van der Waals surface area contributed by atoms with Gasteiger partial charge < -0.3 is 16.6 Å². The van der Waals surface area contributed by atoms with Gasteiger partial charge in [-0.25, -0.2) is 9.78 Å². The minimum Gasteiger partial charge on any atom is -0.476 e.